The van der Waals surface area contributed by atoms with Crippen molar-refractivity contribution in [3.63, 3.8) is 0 Å². The Kier molecular flexibility index (Phi) is 3.06. The molecule has 0 N–H and O–H groups in total. The van der Waals surface area contributed by atoms with Crippen LogP contribution in [-0.4, -0.2) is 4.98 Å². The Hall–Kier alpha value is -2.15. The van der Waals surface area contributed by atoms with E-state index in [2.05, 4.69) is 70.2 Å². The van der Waals surface area contributed by atoms with Crippen LogP contribution in [0, 0.1) is 27.7 Å². The Morgan fingerprint density at radius 3 is 2.15 bits per heavy atom. The van der Waals surface area contributed by atoms with Gasteiger partial charge in [-0.1, -0.05) is 17.7 Å². The highest BCUT2D eigenvalue weighted by atomic mass is 14.7. The Morgan fingerprint density at radius 2 is 1.45 bits per heavy atom. The largest absolute Gasteiger partial charge is 0.248 e. The molecule has 3 aromatic rings. The van der Waals surface area contributed by atoms with Crippen molar-refractivity contribution in [3.8, 4) is 11.3 Å². The summed E-state index contributed by atoms with van der Waals surface area (Å²) < 4.78 is 0. The van der Waals surface area contributed by atoms with E-state index in [-0.39, 0.29) is 0 Å². The summed E-state index contributed by atoms with van der Waals surface area (Å²) in [5, 5.41) is 1.20. The predicted octanol–water partition coefficient (Wildman–Crippen LogP) is 5.14. The molecule has 2 aromatic carbocycles. The van der Waals surface area contributed by atoms with Crippen LogP contribution in [0.5, 0.6) is 0 Å². The number of pyridine rings is 1. The smallest absolute Gasteiger partial charge is 0.0709 e. The van der Waals surface area contributed by atoms with Crippen molar-refractivity contribution >= 4 is 10.9 Å². The van der Waals surface area contributed by atoms with E-state index >= 15 is 0 Å². The second kappa shape index (κ2) is 4.75. The molecule has 0 aliphatic rings. The molecule has 1 heteroatoms. The Labute approximate surface area is 120 Å². The van der Waals surface area contributed by atoms with Crippen molar-refractivity contribution in [2.75, 3.05) is 0 Å². The molecule has 1 nitrogen and oxygen atoms in total. The number of aryl methyl sites for hydroxylation is 3. The number of fused-ring (bicyclic) bond motifs is 1. The van der Waals surface area contributed by atoms with Gasteiger partial charge in [0.25, 0.3) is 0 Å². The normalized spacial score (nSPS) is 11.0. The summed E-state index contributed by atoms with van der Waals surface area (Å²) in [5.41, 5.74) is 8.60. The van der Waals surface area contributed by atoms with Crippen LogP contribution in [0.2, 0.25) is 0 Å². The molecule has 0 unspecified atom stereocenters. The molecule has 0 fully saturated rings. The van der Waals surface area contributed by atoms with Crippen molar-refractivity contribution in [2.24, 2.45) is 0 Å². The van der Waals surface area contributed by atoms with Gasteiger partial charge in [0, 0.05) is 10.9 Å². The molecule has 0 saturated heterocycles. The summed E-state index contributed by atoms with van der Waals surface area (Å²) in [7, 11) is 0. The Morgan fingerprint density at radius 1 is 0.750 bits per heavy atom. The van der Waals surface area contributed by atoms with Gasteiger partial charge in [0.05, 0.1) is 11.2 Å². The molecule has 0 amide bonds. The first-order chi connectivity index (χ1) is 9.54. The third kappa shape index (κ3) is 2.20. The minimum Gasteiger partial charge on any atom is -0.248 e. The fourth-order valence-electron chi connectivity index (χ4n) is 2.59. The first-order valence-corrected chi connectivity index (χ1v) is 7.00. The number of nitrogens with zero attached hydrogens (tertiary/aromatic N) is 1. The summed E-state index contributed by atoms with van der Waals surface area (Å²) >= 11 is 0. The lowest BCUT2D eigenvalue weighted by Crippen LogP contribution is -1.91. The molecule has 0 aliphatic carbocycles. The molecule has 3 rings (SSSR count). The second-order valence-corrected chi connectivity index (χ2v) is 5.63. The summed E-state index contributed by atoms with van der Waals surface area (Å²) in [5.74, 6) is 0. The monoisotopic (exact) mass is 261 g/mol. The third-order valence-corrected chi connectivity index (χ3v) is 4.07. The molecule has 1 heterocycles. The summed E-state index contributed by atoms with van der Waals surface area (Å²) in [4.78, 5) is 4.80. The van der Waals surface area contributed by atoms with Crippen molar-refractivity contribution in [2.45, 2.75) is 27.7 Å². The average Bonchev–Trinajstić information content (AvgIpc) is 2.43. The fourth-order valence-corrected chi connectivity index (χ4v) is 2.59. The van der Waals surface area contributed by atoms with E-state index in [4.69, 9.17) is 4.98 Å². The second-order valence-electron chi connectivity index (χ2n) is 5.63. The van der Waals surface area contributed by atoms with Crippen LogP contribution in [0.25, 0.3) is 22.2 Å². The average molecular weight is 261 g/mol. The third-order valence-electron chi connectivity index (χ3n) is 4.07. The lowest BCUT2D eigenvalue weighted by molar-refractivity contribution is 1.26. The van der Waals surface area contributed by atoms with Crippen LogP contribution in [0.15, 0.2) is 42.5 Å². The van der Waals surface area contributed by atoms with Gasteiger partial charge in [-0.3, -0.25) is 0 Å². The molecule has 0 atom stereocenters. The van der Waals surface area contributed by atoms with E-state index in [1.54, 1.807) is 0 Å². The van der Waals surface area contributed by atoms with E-state index in [1.807, 2.05) is 0 Å². The molecular formula is C19H19N. The SMILES string of the molecule is Cc1ccc2nc(-c3cc(C)c(C)c(C)c3)ccc2c1. The van der Waals surface area contributed by atoms with Crippen molar-refractivity contribution < 1.29 is 0 Å². The molecule has 0 radical (unpaired) electrons. The fraction of sp³-hybridized carbons (Fsp3) is 0.211. The highest BCUT2D eigenvalue weighted by Crippen LogP contribution is 2.25. The minimum atomic E-state index is 1.05. The highest BCUT2D eigenvalue weighted by Gasteiger charge is 2.05. The zero-order valence-corrected chi connectivity index (χ0v) is 12.5. The number of benzene rings is 2. The van der Waals surface area contributed by atoms with Crippen molar-refractivity contribution in [1.29, 1.82) is 0 Å². The molecule has 0 saturated carbocycles. The van der Waals surface area contributed by atoms with Crippen molar-refractivity contribution in [3.05, 3.63) is 64.7 Å². The van der Waals surface area contributed by atoms with Crippen LogP contribution in [0.3, 0.4) is 0 Å². The number of hydrogen-bond donors (Lipinski definition) is 0. The minimum absolute atomic E-state index is 1.05. The number of hydrogen-bond acceptors (Lipinski definition) is 1. The van der Waals surface area contributed by atoms with Gasteiger partial charge in [-0.2, -0.15) is 0 Å². The molecule has 1 aromatic heterocycles. The lowest BCUT2D eigenvalue weighted by Gasteiger charge is -2.09. The van der Waals surface area contributed by atoms with E-state index in [0.29, 0.717) is 0 Å². The van der Waals surface area contributed by atoms with Gasteiger partial charge in [0.2, 0.25) is 0 Å². The first kappa shape index (κ1) is 12.9. The summed E-state index contributed by atoms with van der Waals surface area (Å²) in [6, 6.07) is 15.1. The molecule has 0 bridgehead atoms. The van der Waals surface area contributed by atoms with Gasteiger partial charge in [-0.05, 0) is 74.7 Å². The van der Waals surface area contributed by atoms with Crippen LogP contribution in [0.1, 0.15) is 22.3 Å². The standard InChI is InChI=1S/C19H19N/c1-12-5-7-18-16(9-12)6-8-19(20-18)17-10-13(2)15(4)14(3)11-17/h5-11H,1-4H3. The van der Waals surface area contributed by atoms with Gasteiger partial charge in [-0.25, -0.2) is 4.98 Å². The molecular weight excluding hydrogens is 242 g/mol. The Bertz CT molecular complexity index is 777. The maximum Gasteiger partial charge on any atom is 0.0709 e. The highest BCUT2D eigenvalue weighted by molar-refractivity contribution is 5.82. The molecule has 20 heavy (non-hydrogen) atoms. The predicted molar refractivity (Wildman–Crippen MR) is 86.1 cm³/mol. The molecule has 100 valence electrons. The molecule has 0 spiro atoms. The zero-order chi connectivity index (χ0) is 14.3. The van der Waals surface area contributed by atoms with Gasteiger partial charge in [0.1, 0.15) is 0 Å². The van der Waals surface area contributed by atoms with Crippen LogP contribution in [0.4, 0.5) is 0 Å². The van der Waals surface area contributed by atoms with Gasteiger partial charge < -0.3 is 0 Å². The van der Waals surface area contributed by atoms with Crippen LogP contribution >= 0.6 is 0 Å². The van der Waals surface area contributed by atoms with Crippen LogP contribution < -0.4 is 0 Å². The lowest BCUT2D eigenvalue weighted by atomic mass is 9.98. The van der Waals surface area contributed by atoms with E-state index in [1.165, 1.54) is 33.2 Å². The van der Waals surface area contributed by atoms with E-state index < -0.39 is 0 Å². The van der Waals surface area contributed by atoms with Gasteiger partial charge in [-0.15, -0.1) is 0 Å². The topological polar surface area (TPSA) is 12.9 Å². The van der Waals surface area contributed by atoms with Crippen LogP contribution in [-0.2, 0) is 0 Å². The van der Waals surface area contributed by atoms with Crippen molar-refractivity contribution in [1.82, 2.24) is 4.98 Å². The quantitative estimate of drug-likeness (QED) is 0.591. The molecule has 0 aliphatic heterocycles. The summed E-state index contributed by atoms with van der Waals surface area (Å²) in [6.07, 6.45) is 0. The Balaban J connectivity index is 2.17. The maximum atomic E-state index is 4.80. The zero-order valence-electron chi connectivity index (χ0n) is 12.5. The number of rotatable bonds is 1. The van der Waals surface area contributed by atoms with E-state index in [0.717, 1.165) is 11.2 Å². The number of aromatic nitrogens is 1. The summed E-state index contributed by atoms with van der Waals surface area (Å²) in [6.45, 7) is 8.61. The van der Waals surface area contributed by atoms with Gasteiger partial charge in [0.15, 0.2) is 0 Å². The first-order valence-electron chi connectivity index (χ1n) is 7.00. The van der Waals surface area contributed by atoms with Gasteiger partial charge >= 0.3 is 0 Å². The van der Waals surface area contributed by atoms with E-state index in [9.17, 15) is 0 Å². The maximum absolute atomic E-state index is 4.80.